The minimum Gasteiger partial charge on any atom is -0.464 e. The summed E-state index contributed by atoms with van der Waals surface area (Å²) in [5.74, 6) is -0.749. The van der Waals surface area contributed by atoms with Gasteiger partial charge in [0.15, 0.2) is 0 Å². The molecule has 2 aromatic heterocycles. The van der Waals surface area contributed by atoms with Crippen LogP contribution in [0.4, 0.5) is 0 Å². The average molecular weight is 514 g/mol. The molecule has 0 aliphatic heterocycles. The van der Waals surface area contributed by atoms with Crippen molar-refractivity contribution in [2.75, 3.05) is 0 Å². The molecule has 2 N–H and O–H groups in total. The van der Waals surface area contributed by atoms with Gasteiger partial charge in [0.2, 0.25) is 5.91 Å². The lowest BCUT2D eigenvalue weighted by Gasteiger charge is -2.10. The van der Waals surface area contributed by atoms with Gasteiger partial charge >= 0.3 is 5.63 Å². The molecule has 0 radical (unpaired) electrons. The van der Waals surface area contributed by atoms with Gasteiger partial charge in [0.05, 0.1) is 34.8 Å². The van der Waals surface area contributed by atoms with Crippen LogP contribution in [-0.2, 0) is 21.2 Å². The van der Waals surface area contributed by atoms with E-state index in [1.807, 2.05) is 47.3 Å². The molecule has 9 nitrogen and oxygen atoms in total. The van der Waals surface area contributed by atoms with Crippen LogP contribution < -0.4 is 15.9 Å². The highest BCUT2D eigenvalue weighted by atomic mass is 32.2. The number of benzene rings is 3. The number of nitrogens with zero attached hydrogens (tertiary/aromatic N) is 1. The Bertz CT molecular complexity index is 1870. The average Bonchev–Trinajstić information content (AvgIpc) is 3.32. The van der Waals surface area contributed by atoms with E-state index in [9.17, 15) is 18.0 Å². The Hall–Kier alpha value is -4.72. The van der Waals surface area contributed by atoms with Gasteiger partial charge in [0.25, 0.3) is 10.0 Å². The van der Waals surface area contributed by atoms with E-state index in [4.69, 9.17) is 14.1 Å². The van der Waals surface area contributed by atoms with Gasteiger partial charge in [-0.05, 0) is 48.4 Å². The van der Waals surface area contributed by atoms with E-state index in [0.29, 0.717) is 27.7 Å². The molecule has 184 valence electrons. The fourth-order valence-corrected chi connectivity index (χ4v) is 4.91. The van der Waals surface area contributed by atoms with Crippen LogP contribution in [0.15, 0.2) is 91.5 Å². The van der Waals surface area contributed by atoms with Crippen LogP contribution in [0, 0.1) is 18.3 Å². The maximum Gasteiger partial charge on any atom is 0.340 e. The fourth-order valence-electron chi connectivity index (χ4n) is 4.05. The normalized spacial score (nSPS) is 11.5. The van der Waals surface area contributed by atoms with Crippen molar-refractivity contribution < 1.29 is 22.0 Å². The zero-order valence-corrected chi connectivity index (χ0v) is 20.3. The molecule has 1 amide bonds. The summed E-state index contributed by atoms with van der Waals surface area (Å²) in [4.78, 5) is 27.1. The summed E-state index contributed by atoms with van der Waals surface area (Å²) in [6.45, 7) is 1.71. The summed E-state index contributed by atoms with van der Waals surface area (Å²) in [6, 6.07) is 20.3. The van der Waals surface area contributed by atoms with E-state index in [1.54, 1.807) is 19.3 Å². The quantitative estimate of drug-likeness (QED) is 0.259. The Morgan fingerprint density at radius 2 is 1.73 bits per heavy atom. The number of carbonyl (C=O) groups is 1. The van der Waals surface area contributed by atoms with Crippen molar-refractivity contribution in [3.8, 4) is 17.2 Å². The Labute approximate surface area is 211 Å². The Morgan fingerprint density at radius 1 is 1.00 bits per heavy atom. The molecule has 0 saturated heterocycles. The van der Waals surface area contributed by atoms with Crippen molar-refractivity contribution in [1.82, 2.24) is 10.3 Å². The summed E-state index contributed by atoms with van der Waals surface area (Å²) in [5.41, 5.74) is 5.06. The van der Waals surface area contributed by atoms with Crippen LogP contribution in [0.5, 0.6) is 0 Å². The predicted molar refractivity (Wildman–Crippen MR) is 136 cm³/mol. The fraction of sp³-hybridized carbons (Fsp3) is 0.0741. The van der Waals surface area contributed by atoms with E-state index in [2.05, 4.69) is 5.43 Å². The number of rotatable bonds is 6. The standard InChI is InChI=1S/C27H19N3O6S/c1-16-20-11-22-23(18-5-3-2-4-6-18)15-35-24(22)13-25(20)36-27(32)21(16)12-26(31)29-30-37(33,34)19-9-7-17(14-28)8-10-19/h2-11,13,15,30H,12H2,1H3,(H,29,31). The van der Waals surface area contributed by atoms with Gasteiger partial charge in [-0.15, -0.1) is 4.83 Å². The lowest BCUT2D eigenvalue weighted by atomic mass is 9.99. The third-order valence-corrected chi connectivity index (χ3v) is 7.29. The van der Waals surface area contributed by atoms with Gasteiger partial charge in [0.1, 0.15) is 11.2 Å². The molecular weight excluding hydrogens is 494 g/mol. The lowest BCUT2D eigenvalue weighted by Crippen LogP contribution is -2.42. The molecule has 0 aliphatic rings. The van der Waals surface area contributed by atoms with Crippen LogP contribution in [0.2, 0.25) is 0 Å². The van der Waals surface area contributed by atoms with Crippen molar-refractivity contribution >= 4 is 37.9 Å². The SMILES string of the molecule is Cc1c(CC(=O)NNS(=O)(=O)c2ccc(C#N)cc2)c(=O)oc2cc3occ(-c4ccccc4)c3cc12. The molecule has 0 spiro atoms. The third-order valence-electron chi connectivity index (χ3n) is 6.02. The highest BCUT2D eigenvalue weighted by molar-refractivity contribution is 7.89. The Morgan fingerprint density at radius 3 is 2.43 bits per heavy atom. The first-order valence-electron chi connectivity index (χ1n) is 11.1. The Balaban J connectivity index is 1.42. The number of furan rings is 1. The first kappa shape index (κ1) is 24.0. The van der Waals surface area contributed by atoms with Crippen LogP contribution in [0.1, 0.15) is 16.7 Å². The number of aryl methyl sites for hydroxylation is 1. The topological polar surface area (TPSA) is 142 Å². The van der Waals surface area contributed by atoms with Crippen molar-refractivity contribution in [3.63, 3.8) is 0 Å². The Kier molecular flexibility index (Phi) is 6.09. The number of carbonyl (C=O) groups excluding carboxylic acids is 1. The summed E-state index contributed by atoms with van der Waals surface area (Å²) in [6.07, 6.45) is 1.23. The molecule has 0 fully saturated rings. The van der Waals surface area contributed by atoms with Gasteiger partial charge < -0.3 is 8.83 Å². The smallest absolute Gasteiger partial charge is 0.340 e. The number of amides is 1. The molecule has 5 aromatic rings. The largest absolute Gasteiger partial charge is 0.464 e. The van der Waals surface area contributed by atoms with E-state index < -0.39 is 28.0 Å². The van der Waals surface area contributed by atoms with Crippen molar-refractivity contribution in [1.29, 1.82) is 5.26 Å². The second-order valence-corrected chi connectivity index (χ2v) is 10.0. The van der Waals surface area contributed by atoms with Crippen molar-refractivity contribution in [3.05, 3.63) is 100 Å². The maximum absolute atomic E-state index is 12.7. The second-order valence-electron chi connectivity index (χ2n) is 8.32. The van der Waals surface area contributed by atoms with Gasteiger partial charge in [0, 0.05) is 22.4 Å². The summed E-state index contributed by atoms with van der Waals surface area (Å²) in [7, 11) is -4.08. The van der Waals surface area contributed by atoms with E-state index in [1.165, 1.54) is 24.3 Å². The highest BCUT2D eigenvalue weighted by Gasteiger charge is 2.20. The summed E-state index contributed by atoms with van der Waals surface area (Å²) < 4.78 is 36.1. The molecule has 2 heterocycles. The first-order chi connectivity index (χ1) is 17.8. The van der Waals surface area contributed by atoms with Crippen LogP contribution in [0.25, 0.3) is 33.1 Å². The number of nitriles is 1. The molecule has 0 aliphatic carbocycles. The number of hydrazine groups is 1. The molecule has 0 saturated carbocycles. The molecule has 37 heavy (non-hydrogen) atoms. The minimum atomic E-state index is -4.08. The van der Waals surface area contributed by atoms with Gasteiger partial charge in [-0.1, -0.05) is 30.3 Å². The lowest BCUT2D eigenvalue weighted by molar-refractivity contribution is -0.120. The number of hydrogen-bond donors (Lipinski definition) is 2. The number of nitrogens with one attached hydrogen (secondary N) is 2. The summed E-state index contributed by atoms with van der Waals surface area (Å²) in [5, 5.41) is 10.3. The molecule has 5 rings (SSSR count). The van der Waals surface area contributed by atoms with E-state index >= 15 is 0 Å². The van der Waals surface area contributed by atoms with Gasteiger partial charge in [-0.2, -0.15) is 5.26 Å². The number of sulfonamides is 1. The molecule has 0 atom stereocenters. The van der Waals surface area contributed by atoms with Gasteiger partial charge in [-0.3, -0.25) is 10.2 Å². The van der Waals surface area contributed by atoms with Crippen molar-refractivity contribution in [2.24, 2.45) is 0 Å². The minimum absolute atomic E-state index is 0.103. The highest BCUT2D eigenvalue weighted by Crippen LogP contribution is 2.34. The molecule has 3 aromatic carbocycles. The van der Waals surface area contributed by atoms with E-state index in [-0.39, 0.29) is 10.5 Å². The molecule has 0 bridgehead atoms. The monoisotopic (exact) mass is 513 g/mol. The maximum atomic E-state index is 12.7. The zero-order valence-electron chi connectivity index (χ0n) is 19.4. The van der Waals surface area contributed by atoms with Crippen molar-refractivity contribution in [2.45, 2.75) is 18.2 Å². The van der Waals surface area contributed by atoms with Gasteiger partial charge in [-0.25, -0.2) is 13.2 Å². The van der Waals surface area contributed by atoms with Crippen LogP contribution >= 0.6 is 0 Å². The van der Waals surface area contributed by atoms with E-state index in [0.717, 1.165) is 16.5 Å². The third kappa shape index (κ3) is 4.61. The number of hydrogen-bond acceptors (Lipinski definition) is 7. The summed E-state index contributed by atoms with van der Waals surface area (Å²) >= 11 is 0. The van der Waals surface area contributed by atoms with Crippen LogP contribution in [-0.4, -0.2) is 14.3 Å². The first-order valence-corrected chi connectivity index (χ1v) is 12.6. The molecule has 0 unspecified atom stereocenters. The second kappa shape index (κ2) is 9.39. The molecule has 10 heteroatoms. The van der Waals surface area contributed by atoms with Crippen LogP contribution in [0.3, 0.4) is 0 Å². The zero-order chi connectivity index (χ0) is 26.2. The molecular formula is C27H19N3O6S. The predicted octanol–water partition coefficient (Wildman–Crippen LogP) is 3.94. The number of fused-ring (bicyclic) bond motifs is 2.